The van der Waals surface area contributed by atoms with Gasteiger partial charge in [-0.05, 0) is 18.1 Å². The molecule has 20 heavy (non-hydrogen) atoms. The summed E-state index contributed by atoms with van der Waals surface area (Å²) in [4.78, 5) is 11.3. The van der Waals surface area contributed by atoms with Crippen LogP contribution in [0.5, 0.6) is 0 Å². The van der Waals surface area contributed by atoms with Crippen LogP contribution in [0.1, 0.15) is 29.1 Å². The first-order valence-corrected chi connectivity index (χ1v) is 6.68. The van der Waals surface area contributed by atoms with E-state index in [2.05, 4.69) is 0 Å². The second kappa shape index (κ2) is 5.57. The Kier molecular flexibility index (Phi) is 3.63. The molecular formula is C17H16O3. The molecule has 0 bridgehead atoms. The Morgan fingerprint density at radius 3 is 1.90 bits per heavy atom. The van der Waals surface area contributed by atoms with Gasteiger partial charge in [0, 0.05) is 11.1 Å². The number of ketones is 1. The first-order chi connectivity index (χ1) is 9.74. The van der Waals surface area contributed by atoms with Crippen LogP contribution in [0.15, 0.2) is 48.5 Å². The molecule has 0 unspecified atom stereocenters. The lowest BCUT2D eigenvalue weighted by molar-refractivity contribution is -0.0441. The number of rotatable bonds is 3. The van der Waals surface area contributed by atoms with E-state index in [-0.39, 0.29) is 12.1 Å². The zero-order valence-corrected chi connectivity index (χ0v) is 11.3. The van der Waals surface area contributed by atoms with Crippen molar-refractivity contribution in [1.82, 2.24) is 0 Å². The third-order valence-electron chi connectivity index (χ3n) is 3.43. The van der Waals surface area contributed by atoms with Crippen molar-refractivity contribution in [3.63, 3.8) is 0 Å². The van der Waals surface area contributed by atoms with E-state index >= 15 is 0 Å². The van der Waals surface area contributed by atoms with E-state index in [9.17, 15) is 4.79 Å². The van der Waals surface area contributed by atoms with Crippen LogP contribution in [0.25, 0.3) is 11.1 Å². The standard InChI is InChI=1S/C17H16O3/c1-12(18)13-2-4-14(5-3-13)15-6-8-16(9-7-15)17-19-10-11-20-17/h2-9,17H,10-11H2,1H3. The summed E-state index contributed by atoms with van der Waals surface area (Å²) in [5.74, 6) is 0.0856. The van der Waals surface area contributed by atoms with Crippen LogP contribution in [0.3, 0.4) is 0 Å². The van der Waals surface area contributed by atoms with Gasteiger partial charge in [-0.3, -0.25) is 4.79 Å². The van der Waals surface area contributed by atoms with Crippen LogP contribution in [0.2, 0.25) is 0 Å². The van der Waals surface area contributed by atoms with Gasteiger partial charge in [-0.25, -0.2) is 0 Å². The predicted molar refractivity (Wildman–Crippen MR) is 76.5 cm³/mol. The Balaban J connectivity index is 1.81. The molecule has 102 valence electrons. The molecule has 0 atom stereocenters. The van der Waals surface area contributed by atoms with Crippen molar-refractivity contribution >= 4 is 5.78 Å². The number of carbonyl (C=O) groups is 1. The molecule has 3 rings (SSSR count). The molecule has 2 aromatic carbocycles. The molecule has 0 N–H and O–H groups in total. The zero-order chi connectivity index (χ0) is 13.9. The van der Waals surface area contributed by atoms with Gasteiger partial charge in [-0.1, -0.05) is 48.5 Å². The Hall–Kier alpha value is -1.97. The Morgan fingerprint density at radius 1 is 0.900 bits per heavy atom. The largest absolute Gasteiger partial charge is 0.346 e. The maximum absolute atomic E-state index is 11.3. The van der Waals surface area contributed by atoms with E-state index in [0.717, 1.165) is 22.3 Å². The molecule has 0 aliphatic carbocycles. The SMILES string of the molecule is CC(=O)c1ccc(-c2ccc(C3OCCO3)cc2)cc1. The fourth-order valence-electron chi connectivity index (χ4n) is 2.28. The van der Waals surface area contributed by atoms with E-state index in [1.54, 1.807) is 6.92 Å². The first-order valence-electron chi connectivity index (χ1n) is 6.68. The van der Waals surface area contributed by atoms with Crippen LogP contribution in [-0.4, -0.2) is 19.0 Å². The highest BCUT2D eigenvalue weighted by Crippen LogP contribution is 2.26. The van der Waals surface area contributed by atoms with Gasteiger partial charge in [0.1, 0.15) is 0 Å². The van der Waals surface area contributed by atoms with Crippen molar-refractivity contribution in [2.75, 3.05) is 13.2 Å². The summed E-state index contributed by atoms with van der Waals surface area (Å²) < 4.78 is 10.9. The molecule has 1 aliphatic rings. The van der Waals surface area contributed by atoms with Gasteiger partial charge in [0.15, 0.2) is 12.1 Å². The summed E-state index contributed by atoms with van der Waals surface area (Å²) in [7, 11) is 0. The molecule has 0 saturated carbocycles. The maximum atomic E-state index is 11.3. The maximum Gasteiger partial charge on any atom is 0.184 e. The van der Waals surface area contributed by atoms with Crippen LogP contribution < -0.4 is 0 Å². The molecule has 1 fully saturated rings. The minimum atomic E-state index is -0.232. The van der Waals surface area contributed by atoms with E-state index in [1.807, 2.05) is 48.5 Å². The number of hydrogen-bond donors (Lipinski definition) is 0. The first kappa shape index (κ1) is 13.0. The van der Waals surface area contributed by atoms with Gasteiger partial charge in [0.05, 0.1) is 13.2 Å². The monoisotopic (exact) mass is 268 g/mol. The lowest BCUT2D eigenvalue weighted by Crippen LogP contribution is -1.97. The summed E-state index contributed by atoms with van der Waals surface area (Å²) in [5, 5.41) is 0. The zero-order valence-electron chi connectivity index (χ0n) is 11.3. The number of hydrogen-bond acceptors (Lipinski definition) is 3. The van der Waals surface area contributed by atoms with Gasteiger partial charge in [0.2, 0.25) is 0 Å². The van der Waals surface area contributed by atoms with Crippen molar-refractivity contribution in [3.8, 4) is 11.1 Å². The second-order valence-corrected chi connectivity index (χ2v) is 4.83. The van der Waals surface area contributed by atoms with E-state index < -0.39 is 0 Å². The average Bonchev–Trinajstić information content (AvgIpc) is 3.02. The number of ether oxygens (including phenoxy) is 2. The summed E-state index contributed by atoms with van der Waals surface area (Å²) in [6, 6.07) is 15.8. The lowest BCUT2D eigenvalue weighted by atomic mass is 10.0. The Morgan fingerprint density at radius 2 is 1.40 bits per heavy atom. The number of benzene rings is 2. The molecule has 3 heteroatoms. The predicted octanol–water partition coefficient (Wildman–Crippen LogP) is 3.60. The van der Waals surface area contributed by atoms with Gasteiger partial charge < -0.3 is 9.47 Å². The van der Waals surface area contributed by atoms with Crippen molar-refractivity contribution in [1.29, 1.82) is 0 Å². The van der Waals surface area contributed by atoms with E-state index in [0.29, 0.717) is 13.2 Å². The molecule has 0 radical (unpaired) electrons. The minimum absolute atomic E-state index is 0.0856. The number of carbonyl (C=O) groups excluding carboxylic acids is 1. The topological polar surface area (TPSA) is 35.5 Å². The van der Waals surface area contributed by atoms with Gasteiger partial charge in [0.25, 0.3) is 0 Å². The second-order valence-electron chi connectivity index (χ2n) is 4.83. The van der Waals surface area contributed by atoms with Crippen LogP contribution in [-0.2, 0) is 9.47 Å². The van der Waals surface area contributed by atoms with Crippen LogP contribution in [0, 0.1) is 0 Å². The third-order valence-corrected chi connectivity index (χ3v) is 3.43. The highest BCUT2D eigenvalue weighted by molar-refractivity contribution is 5.94. The molecule has 0 amide bonds. The smallest absolute Gasteiger partial charge is 0.184 e. The molecular weight excluding hydrogens is 252 g/mol. The van der Waals surface area contributed by atoms with Gasteiger partial charge in [-0.15, -0.1) is 0 Å². The Bertz CT molecular complexity index is 593. The Labute approximate surface area is 118 Å². The van der Waals surface area contributed by atoms with Crippen molar-refractivity contribution in [2.45, 2.75) is 13.2 Å². The molecule has 3 nitrogen and oxygen atoms in total. The highest BCUT2D eigenvalue weighted by Gasteiger charge is 2.17. The van der Waals surface area contributed by atoms with Crippen molar-refractivity contribution in [3.05, 3.63) is 59.7 Å². The normalized spacial score (nSPS) is 15.4. The van der Waals surface area contributed by atoms with E-state index in [4.69, 9.17) is 9.47 Å². The molecule has 2 aromatic rings. The van der Waals surface area contributed by atoms with Gasteiger partial charge in [-0.2, -0.15) is 0 Å². The van der Waals surface area contributed by atoms with Crippen molar-refractivity contribution in [2.24, 2.45) is 0 Å². The fourth-order valence-corrected chi connectivity index (χ4v) is 2.28. The average molecular weight is 268 g/mol. The minimum Gasteiger partial charge on any atom is -0.346 e. The van der Waals surface area contributed by atoms with Crippen molar-refractivity contribution < 1.29 is 14.3 Å². The molecule has 1 heterocycles. The molecule has 0 spiro atoms. The highest BCUT2D eigenvalue weighted by atomic mass is 16.7. The third kappa shape index (κ3) is 2.64. The fraction of sp³-hybridized carbons (Fsp3) is 0.235. The van der Waals surface area contributed by atoms with E-state index in [1.165, 1.54) is 0 Å². The molecule has 0 aromatic heterocycles. The molecule has 1 aliphatic heterocycles. The summed E-state index contributed by atoms with van der Waals surface area (Å²) in [5.41, 5.74) is 3.97. The summed E-state index contributed by atoms with van der Waals surface area (Å²) in [6.45, 7) is 2.88. The lowest BCUT2D eigenvalue weighted by Gasteiger charge is -2.10. The molecule has 1 saturated heterocycles. The number of Topliss-reactive ketones (excluding diaryl/α,β-unsaturated/α-hetero) is 1. The quantitative estimate of drug-likeness (QED) is 0.798. The van der Waals surface area contributed by atoms with Crippen LogP contribution >= 0.6 is 0 Å². The summed E-state index contributed by atoms with van der Waals surface area (Å²) >= 11 is 0. The summed E-state index contributed by atoms with van der Waals surface area (Å²) in [6.07, 6.45) is -0.232. The van der Waals surface area contributed by atoms with Crippen LogP contribution in [0.4, 0.5) is 0 Å². The van der Waals surface area contributed by atoms with Gasteiger partial charge >= 0.3 is 0 Å².